The second-order valence-corrected chi connectivity index (χ2v) is 3.24. The fourth-order valence-electron chi connectivity index (χ4n) is 1.24. The zero-order valence-electron chi connectivity index (χ0n) is 4.97. The number of aromatic nitrogens is 2. The maximum atomic E-state index is 4.19. The van der Waals surface area contributed by atoms with Crippen molar-refractivity contribution in [2.75, 3.05) is 0 Å². The molecule has 2 nitrogen and oxygen atoms in total. The van der Waals surface area contributed by atoms with Crippen LogP contribution in [-0.2, 0) is 13.0 Å². The van der Waals surface area contributed by atoms with Gasteiger partial charge >= 0.3 is 0 Å². The molecule has 2 rings (SSSR count). The van der Waals surface area contributed by atoms with Crippen molar-refractivity contribution in [1.29, 1.82) is 0 Å². The van der Waals surface area contributed by atoms with Crippen LogP contribution in [-0.4, -0.2) is 9.55 Å². The molecule has 1 aliphatic rings. The van der Waals surface area contributed by atoms with Crippen LogP contribution in [0.2, 0.25) is 0 Å². The summed E-state index contributed by atoms with van der Waals surface area (Å²) in [7, 11) is 0. The van der Waals surface area contributed by atoms with Gasteiger partial charge in [0.2, 0.25) is 0 Å². The van der Waals surface area contributed by atoms with Crippen LogP contribution >= 0.6 is 22.6 Å². The van der Waals surface area contributed by atoms with E-state index < -0.39 is 0 Å². The lowest BCUT2D eigenvalue weighted by Gasteiger charge is -1.93. The van der Waals surface area contributed by atoms with E-state index in [0.29, 0.717) is 0 Å². The van der Waals surface area contributed by atoms with E-state index in [-0.39, 0.29) is 0 Å². The Kier molecular flexibility index (Phi) is 1.25. The highest BCUT2D eigenvalue weighted by atomic mass is 127. The Morgan fingerprint density at radius 2 is 2.56 bits per heavy atom. The molecule has 3 heteroatoms. The van der Waals surface area contributed by atoms with Crippen LogP contribution < -0.4 is 0 Å². The molecule has 1 aliphatic heterocycles. The number of fused-ring (bicyclic) bond motifs is 1. The van der Waals surface area contributed by atoms with Crippen LogP contribution in [0.1, 0.15) is 12.1 Å². The largest absolute Gasteiger partial charge is 0.324 e. The van der Waals surface area contributed by atoms with Crippen molar-refractivity contribution in [3.05, 3.63) is 15.7 Å². The van der Waals surface area contributed by atoms with E-state index in [1.165, 1.54) is 25.1 Å². The zero-order valence-corrected chi connectivity index (χ0v) is 7.13. The molecule has 0 radical (unpaired) electrons. The minimum absolute atomic E-state index is 1.14. The summed E-state index contributed by atoms with van der Waals surface area (Å²) in [5.41, 5.74) is 1.40. The summed E-state index contributed by atoms with van der Waals surface area (Å²) >= 11 is 2.27. The molecule has 0 aliphatic carbocycles. The third kappa shape index (κ3) is 0.781. The Bertz CT molecular complexity index is 229. The van der Waals surface area contributed by atoms with Crippen molar-refractivity contribution in [3.8, 4) is 0 Å². The van der Waals surface area contributed by atoms with E-state index in [1.807, 2.05) is 6.20 Å². The molecule has 1 aromatic heterocycles. The minimum atomic E-state index is 1.14. The summed E-state index contributed by atoms with van der Waals surface area (Å²) in [6.45, 7) is 1.17. The van der Waals surface area contributed by atoms with Gasteiger partial charge in [0.25, 0.3) is 0 Å². The first-order valence-corrected chi connectivity index (χ1v) is 4.16. The Labute approximate surface area is 67.4 Å². The highest BCUT2D eigenvalue weighted by Crippen LogP contribution is 2.16. The number of imidazole rings is 1. The fourth-order valence-corrected chi connectivity index (χ4v) is 1.93. The molecule has 0 amide bonds. The molecule has 9 heavy (non-hydrogen) atoms. The zero-order chi connectivity index (χ0) is 6.27. The Hall–Kier alpha value is -0.0600. The molecule has 48 valence electrons. The van der Waals surface area contributed by atoms with Crippen LogP contribution in [0, 0.1) is 3.83 Å². The molecule has 1 aromatic rings. The van der Waals surface area contributed by atoms with Crippen molar-refractivity contribution in [2.45, 2.75) is 19.4 Å². The second-order valence-electron chi connectivity index (χ2n) is 2.27. The van der Waals surface area contributed by atoms with Gasteiger partial charge in [-0.15, -0.1) is 0 Å². The van der Waals surface area contributed by atoms with E-state index in [2.05, 4.69) is 32.1 Å². The quantitative estimate of drug-likeness (QED) is 0.621. The van der Waals surface area contributed by atoms with Gasteiger partial charge in [-0.3, -0.25) is 0 Å². The van der Waals surface area contributed by atoms with Crippen molar-refractivity contribution in [2.24, 2.45) is 0 Å². The summed E-state index contributed by atoms with van der Waals surface area (Å²) in [4.78, 5) is 4.19. The predicted molar refractivity (Wildman–Crippen MR) is 43.3 cm³/mol. The number of hydrogen-bond donors (Lipinski definition) is 0. The third-order valence-corrected chi connectivity index (χ3v) is 2.57. The summed E-state index contributed by atoms with van der Waals surface area (Å²) in [5, 5.41) is 0. The van der Waals surface area contributed by atoms with E-state index in [1.54, 1.807) is 0 Å². The van der Waals surface area contributed by atoms with E-state index in [9.17, 15) is 0 Å². The van der Waals surface area contributed by atoms with E-state index in [0.717, 1.165) is 3.83 Å². The summed E-state index contributed by atoms with van der Waals surface area (Å²) < 4.78 is 3.42. The van der Waals surface area contributed by atoms with Gasteiger partial charge in [-0.25, -0.2) is 4.98 Å². The van der Waals surface area contributed by atoms with Gasteiger partial charge in [0.1, 0.15) is 0 Å². The Morgan fingerprint density at radius 3 is 3.33 bits per heavy atom. The molecule has 0 N–H and O–H groups in total. The first kappa shape index (κ1) is 5.70. The SMILES string of the molecule is Ic1ncc2n1CCC2. The normalized spacial score (nSPS) is 16.1. The Balaban J connectivity index is 2.56. The first-order chi connectivity index (χ1) is 4.38. The molecule has 0 atom stereocenters. The molecule has 0 saturated carbocycles. The molecule has 0 unspecified atom stereocenters. The summed E-state index contributed by atoms with van der Waals surface area (Å²) in [5.74, 6) is 0. The van der Waals surface area contributed by atoms with E-state index >= 15 is 0 Å². The minimum Gasteiger partial charge on any atom is -0.324 e. The number of hydrogen-bond acceptors (Lipinski definition) is 1. The molecule has 0 bridgehead atoms. The maximum absolute atomic E-state index is 4.19. The molecule has 0 spiro atoms. The van der Waals surface area contributed by atoms with Gasteiger partial charge < -0.3 is 4.57 Å². The number of rotatable bonds is 0. The third-order valence-electron chi connectivity index (χ3n) is 1.70. The van der Waals surface area contributed by atoms with Crippen molar-refractivity contribution >= 4 is 22.6 Å². The molecular weight excluding hydrogens is 227 g/mol. The molecule has 0 fully saturated rings. The standard InChI is InChI=1S/C6H7IN2/c7-6-8-4-5-2-1-3-9(5)6/h4H,1-3H2. The monoisotopic (exact) mass is 234 g/mol. The number of nitrogens with zero attached hydrogens (tertiary/aromatic N) is 2. The molecular formula is C6H7IN2. The van der Waals surface area contributed by atoms with Crippen LogP contribution in [0.5, 0.6) is 0 Å². The highest BCUT2D eigenvalue weighted by Gasteiger charge is 2.12. The van der Waals surface area contributed by atoms with Crippen molar-refractivity contribution < 1.29 is 0 Å². The smallest absolute Gasteiger partial charge is 0.171 e. The average molecular weight is 234 g/mol. The Morgan fingerprint density at radius 1 is 1.67 bits per heavy atom. The first-order valence-electron chi connectivity index (χ1n) is 3.08. The molecule has 0 saturated heterocycles. The molecule has 0 aromatic carbocycles. The van der Waals surface area contributed by atoms with Crippen LogP contribution in [0.4, 0.5) is 0 Å². The van der Waals surface area contributed by atoms with Gasteiger partial charge in [-0.1, -0.05) is 0 Å². The van der Waals surface area contributed by atoms with Crippen molar-refractivity contribution in [3.63, 3.8) is 0 Å². The predicted octanol–water partition coefficient (Wildman–Crippen LogP) is 1.43. The van der Waals surface area contributed by atoms with Crippen LogP contribution in [0.25, 0.3) is 0 Å². The van der Waals surface area contributed by atoms with Crippen molar-refractivity contribution in [1.82, 2.24) is 9.55 Å². The highest BCUT2D eigenvalue weighted by molar-refractivity contribution is 14.1. The topological polar surface area (TPSA) is 17.8 Å². The lowest BCUT2D eigenvalue weighted by molar-refractivity contribution is 0.722. The van der Waals surface area contributed by atoms with Gasteiger partial charge in [0.15, 0.2) is 3.83 Å². The van der Waals surface area contributed by atoms with Crippen LogP contribution in [0.15, 0.2) is 6.20 Å². The average Bonchev–Trinajstić information content (AvgIpc) is 2.35. The fraction of sp³-hybridized carbons (Fsp3) is 0.500. The maximum Gasteiger partial charge on any atom is 0.171 e. The van der Waals surface area contributed by atoms with Gasteiger partial charge in [0.05, 0.1) is 0 Å². The summed E-state index contributed by atoms with van der Waals surface area (Å²) in [6, 6.07) is 0. The lowest BCUT2D eigenvalue weighted by atomic mass is 10.3. The van der Waals surface area contributed by atoms with Crippen LogP contribution in [0.3, 0.4) is 0 Å². The number of aryl methyl sites for hydroxylation is 1. The molecule has 2 heterocycles. The van der Waals surface area contributed by atoms with E-state index in [4.69, 9.17) is 0 Å². The lowest BCUT2D eigenvalue weighted by Crippen LogP contribution is -1.93. The van der Waals surface area contributed by atoms with Gasteiger partial charge in [0, 0.05) is 18.4 Å². The van der Waals surface area contributed by atoms with Gasteiger partial charge in [-0.2, -0.15) is 0 Å². The van der Waals surface area contributed by atoms with Gasteiger partial charge in [-0.05, 0) is 35.4 Å². The second kappa shape index (κ2) is 1.97. The number of halogens is 1. The summed E-state index contributed by atoms with van der Waals surface area (Å²) in [6.07, 6.45) is 4.50.